The average molecular weight is 228 g/mol. The number of hydrogen-bond donors (Lipinski definition) is 2. The quantitative estimate of drug-likeness (QED) is 0.750. The molecule has 0 radical (unpaired) electrons. The molecular weight excluding hydrogens is 204 g/mol. The summed E-state index contributed by atoms with van der Waals surface area (Å²) in [5.41, 5.74) is 5.24. The molecule has 0 aromatic carbocycles. The fourth-order valence-electron chi connectivity index (χ4n) is 1.99. The first-order valence-corrected chi connectivity index (χ1v) is 6.23. The average Bonchev–Trinajstić information content (AvgIpc) is 2.25. The van der Waals surface area contributed by atoms with E-state index in [-0.39, 0.29) is 11.9 Å². The van der Waals surface area contributed by atoms with Crippen LogP contribution in [0.2, 0.25) is 0 Å². The number of rotatable bonds is 4. The Morgan fingerprint density at radius 1 is 1.50 bits per heavy atom. The van der Waals surface area contributed by atoms with Crippen molar-refractivity contribution in [3.8, 4) is 0 Å². The lowest BCUT2D eigenvalue weighted by Crippen LogP contribution is -2.50. The number of piperidine rings is 1. The van der Waals surface area contributed by atoms with Gasteiger partial charge in [0.25, 0.3) is 0 Å². The van der Waals surface area contributed by atoms with E-state index in [2.05, 4.69) is 6.92 Å². The van der Waals surface area contributed by atoms with Gasteiger partial charge in [-0.05, 0) is 26.2 Å². The van der Waals surface area contributed by atoms with E-state index in [4.69, 9.17) is 5.73 Å². The van der Waals surface area contributed by atoms with Crippen LogP contribution in [0.15, 0.2) is 0 Å². The van der Waals surface area contributed by atoms with Crippen molar-refractivity contribution in [2.45, 2.75) is 57.6 Å². The lowest BCUT2D eigenvalue weighted by Gasteiger charge is -2.36. The molecule has 1 atom stereocenters. The summed E-state index contributed by atoms with van der Waals surface area (Å²) in [6.45, 7) is 5.18. The Bertz CT molecular complexity index is 231. The Labute approximate surface area is 97.8 Å². The van der Waals surface area contributed by atoms with Crippen molar-refractivity contribution in [1.82, 2.24) is 4.90 Å². The third kappa shape index (κ3) is 3.76. The van der Waals surface area contributed by atoms with Crippen LogP contribution in [0.4, 0.5) is 0 Å². The Balaban J connectivity index is 2.38. The summed E-state index contributed by atoms with van der Waals surface area (Å²) in [4.78, 5) is 13.7. The van der Waals surface area contributed by atoms with E-state index in [1.54, 1.807) is 4.90 Å². The topological polar surface area (TPSA) is 66.6 Å². The van der Waals surface area contributed by atoms with Gasteiger partial charge in [-0.25, -0.2) is 0 Å². The molecule has 1 aliphatic rings. The van der Waals surface area contributed by atoms with E-state index in [0.29, 0.717) is 25.9 Å². The second-order valence-electron chi connectivity index (χ2n) is 5.07. The van der Waals surface area contributed by atoms with E-state index in [1.165, 1.54) is 0 Å². The molecule has 1 aliphatic heterocycles. The molecule has 94 valence electrons. The predicted molar refractivity (Wildman–Crippen MR) is 63.9 cm³/mol. The molecule has 1 saturated heterocycles. The first kappa shape index (κ1) is 13.5. The van der Waals surface area contributed by atoms with E-state index in [9.17, 15) is 9.90 Å². The normalized spacial score (nSPS) is 21.9. The third-order valence-corrected chi connectivity index (χ3v) is 3.34. The van der Waals surface area contributed by atoms with Crippen molar-refractivity contribution in [3.05, 3.63) is 0 Å². The summed E-state index contributed by atoms with van der Waals surface area (Å²) < 4.78 is 0. The van der Waals surface area contributed by atoms with Crippen molar-refractivity contribution in [1.29, 1.82) is 0 Å². The number of carbonyl (C=O) groups is 1. The van der Waals surface area contributed by atoms with Gasteiger partial charge in [-0.15, -0.1) is 0 Å². The van der Waals surface area contributed by atoms with Crippen molar-refractivity contribution >= 4 is 5.91 Å². The summed E-state index contributed by atoms with van der Waals surface area (Å²) in [5, 5.41) is 9.78. The zero-order valence-corrected chi connectivity index (χ0v) is 10.4. The van der Waals surface area contributed by atoms with E-state index >= 15 is 0 Å². The van der Waals surface area contributed by atoms with Gasteiger partial charge >= 0.3 is 0 Å². The van der Waals surface area contributed by atoms with Crippen LogP contribution in [-0.2, 0) is 4.79 Å². The van der Waals surface area contributed by atoms with Crippen LogP contribution in [0.25, 0.3) is 0 Å². The summed E-state index contributed by atoms with van der Waals surface area (Å²) in [5.74, 6) is 0.0453. The molecule has 1 amide bonds. The number of likely N-dealkylation sites (tertiary alicyclic amines) is 1. The van der Waals surface area contributed by atoms with Gasteiger partial charge in [0, 0.05) is 13.1 Å². The number of nitrogens with zero attached hydrogens (tertiary/aromatic N) is 1. The van der Waals surface area contributed by atoms with Crippen LogP contribution in [0.3, 0.4) is 0 Å². The molecule has 0 aromatic rings. The van der Waals surface area contributed by atoms with Crippen LogP contribution >= 0.6 is 0 Å². The molecule has 1 heterocycles. The van der Waals surface area contributed by atoms with Crippen LogP contribution in [0, 0.1) is 0 Å². The molecule has 0 bridgehead atoms. The SMILES string of the molecule is CCCCC(N)C(=O)N1CCC(C)(O)CC1. The van der Waals surface area contributed by atoms with Crippen molar-refractivity contribution < 1.29 is 9.90 Å². The number of unbranched alkanes of at least 4 members (excludes halogenated alkanes) is 1. The highest BCUT2D eigenvalue weighted by atomic mass is 16.3. The summed E-state index contributed by atoms with van der Waals surface area (Å²) in [6, 6.07) is -0.358. The fraction of sp³-hybridized carbons (Fsp3) is 0.917. The highest BCUT2D eigenvalue weighted by Crippen LogP contribution is 2.21. The van der Waals surface area contributed by atoms with Crippen LogP contribution in [-0.4, -0.2) is 40.6 Å². The lowest BCUT2D eigenvalue weighted by atomic mass is 9.93. The number of nitrogens with two attached hydrogens (primary N) is 1. The second-order valence-corrected chi connectivity index (χ2v) is 5.07. The van der Waals surface area contributed by atoms with E-state index in [0.717, 1.165) is 19.3 Å². The Morgan fingerprint density at radius 2 is 2.06 bits per heavy atom. The van der Waals surface area contributed by atoms with Crippen molar-refractivity contribution in [2.75, 3.05) is 13.1 Å². The summed E-state index contributed by atoms with van der Waals surface area (Å²) in [7, 11) is 0. The molecule has 1 rings (SSSR count). The minimum Gasteiger partial charge on any atom is -0.390 e. The smallest absolute Gasteiger partial charge is 0.239 e. The van der Waals surface area contributed by atoms with Gasteiger partial charge in [-0.2, -0.15) is 0 Å². The minimum atomic E-state index is -0.607. The fourth-order valence-corrected chi connectivity index (χ4v) is 1.99. The molecule has 0 aliphatic carbocycles. The molecular formula is C12H24N2O2. The van der Waals surface area contributed by atoms with Crippen LogP contribution in [0.5, 0.6) is 0 Å². The van der Waals surface area contributed by atoms with Crippen molar-refractivity contribution in [3.63, 3.8) is 0 Å². The molecule has 0 saturated carbocycles. The number of hydrogen-bond acceptors (Lipinski definition) is 3. The standard InChI is InChI=1S/C12H24N2O2/c1-3-4-5-10(13)11(15)14-8-6-12(2,16)7-9-14/h10,16H,3-9,13H2,1-2H3. The molecule has 1 fully saturated rings. The highest BCUT2D eigenvalue weighted by molar-refractivity contribution is 5.81. The Kier molecular flexibility index (Phi) is 4.74. The predicted octanol–water partition coefficient (Wildman–Crippen LogP) is 0.877. The maximum absolute atomic E-state index is 11.9. The molecule has 3 N–H and O–H groups in total. The van der Waals surface area contributed by atoms with Gasteiger partial charge in [0.1, 0.15) is 0 Å². The lowest BCUT2D eigenvalue weighted by molar-refractivity contribution is -0.136. The van der Waals surface area contributed by atoms with Gasteiger partial charge in [-0.1, -0.05) is 19.8 Å². The third-order valence-electron chi connectivity index (χ3n) is 3.34. The van der Waals surface area contributed by atoms with Gasteiger partial charge in [-0.3, -0.25) is 4.79 Å². The molecule has 0 aromatic heterocycles. The zero-order valence-electron chi connectivity index (χ0n) is 10.4. The maximum atomic E-state index is 11.9. The van der Waals surface area contributed by atoms with Crippen LogP contribution < -0.4 is 5.73 Å². The first-order valence-electron chi connectivity index (χ1n) is 6.23. The van der Waals surface area contributed by atoms with E-state index < -0.39 is 5.60 Å². The van der Waals surface area contributed by atoms with Gasteiger partial charge in [0.2, 0.25) is 5.91 Å². The number of amides is 1. The molecule has 0 spiro atoms. The minimum absolute atomic E-state index is 0.0453. The van der Waals surface area contributed by atoms with Crippen molar-refractivity contribution in [2.24, 2.45) is 5.73 Å². The molecule has 4 heteroatoms. The van der Waals surface area contributed by atoms with Gasteiger partial charge < -0.3 is 15.7 Å². The Hall–Kier alpha value is -0.610. The summed E-state index contributed by atoms with van der Waals surface area (Å²) >= 11 is 0. The largest absolute Gasteiger partial charge is 0.390 e. The molecule has 16 heavy (non-hydrogen) atoms. The number of carbonyl (C=O) groups excluding carboxylic acids is 1. The highest BCUT2D eigenvalue weighted by Gasteiger charge is 2.31. The monoisotopic (exact) mass is 228 g/mol. The molecule has 4 nitrogen and oxygen atoms in total. The van der Waals surface area contributed by atoms with Gasteiger partial charge in [0.15, 0.2) is 0 Å². The van der Waals surface area contributed by atoms with E-state index in [1.807, 2.05) is 6.92 Å². The van der Waals surface area contributed by atoms with Crippen LogP contribution in [0.1, 0.15) is 46.0 Å². The maximum Gasteiger partial charge on any atom is 0.239 e. The second kappa shape index (κ2) is 5.64. The number of aliphatic hydroxyl groups is 1. The Morgan fingerprint density at radius 3 is 2.56 bits per heavy atom. The zero-order chi connectivity index (χ0) is 12.2. The van der Waals surface area contributed by atoms with Gasteiger partial charge in [0.05, 0.1) is 11.6 Å². The first-order chi connectivity index (χ1) is 7.46. The summed E-state index contributed by atoms with van der Waals surface area (Å²) in [6.07, 6.45) is 4.13. The molecule has 1 unspecified atom stereocenters.